The van der Waals surface area contributed by atoms with Gasteiger partial charge >= 0.3 is 0 Å². The van der Waals surface area contributed by atoms with E-state index >= 15 is 0 Å². The summed E-state index contributed by atoms with van der Waals surface area (Å²) in [4.78, 5) is 0. The van der Waals surface area contributed by atoms with Gasteiger partial charge in [0, 0.05) is 11.3 Å². The molecule has 2 unspecified atom stereocenters. The number of rotatable bonds is 10. The van der Waals surface area contributed by atoms with Gasteiger partial charge in [0.05, 0.1) is 6.61 Å². The average molecular weight is 233 g/mol. The van der Waals surface area contributed by atoms with Gasteiger partial charge in [-0.15, -0.1) is 0 Å². The molecule has 0 saturated carbocycles. The van der Waals surface area contributed by atoms with Crippen LogP contribution < -0.4 is 5.32 Å². The molecule has 0 saturated heterocycles. The molecule has 2 atom stereocenters. The molecule has 2 nitrogen and oxygen atoms in total. The molecule has 0 rings (SSSR count). The Morgan fingerprint density at radius 3 is 2.40 bits per heavy atom. The Labute approximate surface area is 99.2 Å². The fraction of sp³-hybridized carbons (Fsp3) is 1.00. The van der Waals surface area contributed by atoms with Crippen molar-refractivity contribution in [3.63, 3.8) is 0 Å². The highest BCUT2D eigenvalue weighted by molar-refractivity contribution is 7.99. The van der Waals surface area contributed by atoms with E-state index in [0.29, 0.717) is 11.3 Å². The van der Waals surface area contributed by atoms with Gasteiger partial charge in [-0.3, -0.25) is 0 Å². The molecule has 0 fully saturated rings. The fourth-order valence-corrected chi connectivity index (χ4v) is 2.28. The number of unbranched alkanes of at least 4 members (excludes halogenated alkanes) is 4. The molecule has 0 radical (unpaired) electrons. The lowest BCUT2D eigenvalue weighted by atomic mass is 10.1. The zero-order valence-electron chi connectivity index (χ0n) is 10.5. The molecular weight excluding hydrogens is 206 g/mol. The molecule has 0 aromatic rings. The lowest BCUT2D eigenvalue weighted by Gasteiger charge is -2.21. The summed E-state index contributed by atoms with van der Waals surface area (Å²) >= 11 is 1.74. The van der Waals surface area contributed by atoms with E-state index in [2.05, 4.69) is 25.4 Å². The third-order valence-corrected chi connectivity index (χ3v) is 3.95. The number of hydrogen-bond acceptors (Lipinski definition) is 3. The van der Waals surface area contributed by atoms with Gasteiger partial charge in [-0.1, -0.05) is 32.6 Å². The molecule has 0 aliphatic carbocycles. The Morgan fingerprint density at radius 2 is 1.87 bits per heavy atom. The van der Waals surface area contributed by atoms with Crippen LogP contribution in [-0.2, 0) is 0 Å². The summed E-state index contributed by atoms with van der Waals surface area (Å²) in [5.41, 5.74) is 0. The van der Waals surface area contributed by atoms with E-state index < -0.39 is 0 Å². The van der Waals surface area contributed by atoms with Crippen LogP contribution >= 0.6 is 11.8 Å². The zero-order valence-corrected chi connectivity index (χ0v) is 11.3. The number of aliphatic hydroxyl groups is 1. The third kappa shape index (κ3) is 8.12. The highest BCUT2D eigenvalue weighted by atomic mass is 32.2. The largest absolute Gasteiger partial charge is 0.395 e. The maximum atomic E-state index is 9.11. The summed E-state index contributed by atoms with van der Waals surface area (Å²) in [6.45, 7) is 5.75. The topological polar surface area (TPSA) is 32.3 Å². The molecule has 0 heterocycles. The lowest BCUT2D eigenvalue weighted by Crippen LogP contribution is -2.37. The Bertz CT molecular complexity index is 129. The van der Waals surface area contributed by atoms with Crippen LogP contribution in [0.3, 0.4) is 0 Å². The molecule has 0 aromatic carbocycles. The zero-order chi connectivity index (χ0) is 11.5. The van der Waals surface area contributed by atoms with E-state index in [1.54, 1.807) is 11.8 Å². The van der Waals surface area contributed by atoms with Crippen molar-refractivity contribution in [2.75, 3.05) is 19.4 Å². The predicted molar refractivity (Wildman–Crippen MR) is 70.6 cm³/mol. The molecular formula is C12H27NOS. The van der Waals surface area contributed by atoms with Crippen LogP contribution in [0.25, 0.3) is 0 Å². The van der Waals surface area contributed by atoms with Gasteiger partial charge in [0.15, 0.2) is 0 Å². The van der Waals surface area contributed by atoms with Crippen LogP contribution in [0.15, 0.2) is 0 Å². The first kappa shape index (κ1) is 15.3. The summed E-state index contributed by atoms with van der Waals surface area (Å²) < 4.78 is 0. The van der Waals surface area contributed by atoms with E-state index in [4.69, 9.17) is 5.11 Å². The molecule has 0 amide bonds. The Kier molecular flexibility index (Phi) is 11.0. The maximum Gasteiger partial charge on any atom is 0.0564 e. The average Bonchev–Trinajstić information content (AvgIpc) is 2.25. The Balaban J connectivity index is 3.33. The standard InChI is InChI=1S/C12H27NOS/c1-4-5-6-7-8-9-13-11(2)12(10-14)15-3/h11-14H,4-10H2,1-3H3. The minimum Gasteiger partial charge on any atom is -0.395 e. The normalized spacial score (nSPS) is 15.2. The molecule has 15 heavy (non-hydrogen) atoms. The third-order valence-electron chi connectivity index (χ3n) is 2.79. The van der Waals surface area contributed by atoms with E-state index in [0.717, 1.165) is 6.54 Å². The molecule has 92 valence electrons. The molecule has 0 aliphatic rings. The highest BCUT2D eigenvalue weighted by Gasteiger charge is 2.13. The van der Waals surface area contributed by atoms with Gasteiger partial charge in [-0.2, -0.15) is 11.8 Å². The highest BCUT2D eigenvalue weighted by Crippen LogP contribution is 2.10. The van der Waals surface area contributed by atoms with Gasteiger partial charge < -0.3 is 10.4 Å². The van der Waals surface area contributed by atoms with Crippen molar-refractivity contribution in [3.05, 3.63) is 0 Å². The maximum absolute atomic E-state index is 9.11. The summed E-state index contributed by atoms with van der Waals surface area (Å²) in [7, 11) is 0. The van der Waals surface area contributed by atoms with Gasteiger partial charge in [-0.25, -0.2) is 0 Å². The molecule has 3 heteroatoms. The lowest BCUT2D eigenvalue weighted by molar-refractivity contribution is 0.276. The van der Waals surface area contributed by atoms with Crippen molar-refractivity contribution in [1.82, 2.24) is 5.32 Å². The minimum absolute atomic E-state index is 0.269. The SMILES string of the molecule is CCCCCCCNC(C)C(CO)SC. The van der Waals surface area contributed by atoms with Crippen LogP contribution in [0.4, 0.5) is 0 Å². The monoisotopic (exact) mass is 233 g/mol. The van der Waals surface area contributed by atoms with Crippen molar-refractivity contribution in [1.29, 1.82) is 0 Å². The second-order valence-electron chi connectivity index (χ2n) is 4.11. The van der Waals surface area contributed by atoms with Crippen LogP contribution in [0.2, 0.25) is 0 Å². The van der Waals surface area contributed by atoms with E-state index in [9.17, 15) is 0 Å². The minimum atomic E-state index is 0.269. The van der Waals surface area contributed by atoms with E-state index in [1.165, 1.54) is 32.1 Å². The van der Waals surface area contributed by atoms with E-state index in [-0.39, 0.29) is 6.61 Å². The summed E-state index contributed by atoms with van der Waals surface area (Å²) in [5, 5.41) is 12.9. The Morgan fingerprint density at radius 1 is 1.20 bits per heavy atom. The van der Waals surface area contributed by atoms with Gasteiger partial charge in [0.25, 0.3) is 0 Å². The second-order valence-corrected chi connectivity index (χ2v) is 5.19. The first-order valence-electron chi connectivity index (χ1n) is 6.13. The Hall–Kier alpha value is 0.270. The van der Waals surface area contributed by atoms with Gasteiger partial charge in [-0.05, 0) is 26.1 Å². The van der Waals surface area contributed by atoms with Crippen LogP contribution in [0.1, 0.15) is 46.0 Å². The molecule has 2 N–H and O–H groups in total. The van der Waals surface area contributed by atoms with Crippen molar-refractivity contribution in [3.8, 4) is 0 Å². The first-order valence-corrected chi connectivity index (χ1v) is 7.42. The molecule has 0 aliphatic heterocycles. The number of aliphatic hydroxyl groups excluding tert-OH is 1. The van der Waals surface area contributed by atoms with Gasteiger partial charge in [0.2, 0.25) is 0 Å². The number of hydrogen-bond donors (Lipinski definition) is 2. The number of nitrogens with one attached hydrogen (secondary N) is 1. The van der Waals surface area contributed by atoms with Crippen molar-refractivity contribution in [2.24, 2.45) is 0 Å². The van der Waals surface area contributed by atoms with Crippen molar-refractivity contribution >= 4 is 11.8 Å². The first-order chi connectivity index (χ1) is 7.26. The van der Waals surface area contributed by atoms with Crippen LogP contribution in [0.5, 0.6) is 0 Å². The molecule has 0 bridgehead atoms. The van der Waals surface area contributed by atoms with Crippen molar-refractivity contribution < 1.29 is 5.11 Å². The molecule has 0 spiro atoms. The summed E-state index contributed by atoms with van der Waals surface area (Å²) in [6, 6.07) is 0.413. The molecule has 0 aromatic heterocycles. The second kappa shape index (κ2) is 10.8. The van der Waals surface area contributed by atoms with Crippen molar-refractivity contribution in [2.45, 2.75) is 57.2 Å². The fourth-order valence-electron chi connectivity index (χ4n) is 1.63. The predicted octanol–water partition coefficient (Wildman–Crippen LogP) is 2.66. The van der Waals surface area contributed by atoms with E-state index in [1.807, 2.05) is 0 Å². The van der Waals surface area contributed by atoms with Gasteiger partial charge in [0.1, 0.15) is 0 Å². The van der Waals surface area contributed by atoms with Crippen LogP contribution in [-0.4, -0.2) is 35.8 Å². The summed E-state index contributed by atoms with van der Waals surface area (Å²) in [5.74, 6) is 0. The summed E-state index contributed by atoms with van der Waals surface area (Å²) in [6.07, 6.45) is 8.68. The quantitative estimate of drug-likeness (QED) is 0.569. The smallest absolute Gasteiger partial charge is 0.0564 e. The van der Waals surface area contributed by atoms with Crippen LogP contribution in [0, 0.1) is 0 Å². The number of thioether (sulfide) groups is 1.